The zero-order valence-electron chi connectivity index (χ0n) is 11.2. The van der Waals surface area contributed by atoms with Gasteiger partial charge in [0.1, 0.15) is 5.60 Å². The highest BCUT2D eigenvalue weighted by molar-refractivity contribution is 5.69. The lowest BCUT2D eigenvalue weighted by molar-refractivity contribution is -0.0959. The Kier molecular flexibility index (Phi) is 3.10. The van der Waals surface area contributed by atoms with Crippen molar-refractivity contribution < 1.29 is 9.53 Å². The van der Waals surface area contributed by atoms with Gasteiger partial charge in [-0.25, -0.2) is 4.79 Å². The summed E-state index contributed by atoms with van der Waals surface area (Å²) >= 11 is 0. The van der Waals surface area contributed by atoms with Gasteiger partial charge >= 0.3 is 6.09 Å². The van der Waals surface area contributed by atoms with Crippen molar-refractivity contribution in [3.05, 3.63) is 0 Å². The maximum Gasteiger partial charge on any atom is 0.410 e. The molecule has 0 bridgehead atoms. The lowest BCUT2D eigenvalue weighted by atomic mass is 9.57. The predicted molar refractivity (Wildman–Crippen MR) is 66.6 cm³/mol. The molecule has 1 spiro atoms. The Morgan fingerprint density at radius 2 is 2.00 bits per heavy atom. The van der Waals surface area contributed by atoms with Crippen molar-refractivity contribution in [2.75, 3.05) is 19.6 Å². The maximum absolute atomic E-state index is 11.8. The second-order valence-corrected chi connectivity index (χ2v) is 6.69. The molecule has 98 valence electrons. The molecular formula is C13H24N2O2. The minimum absolute atomic E-state index is 0.162. The number of carbonyl (C=O) groups is 1. The summed E-state index contributed by atoms with van der Waals surface area (Å²) in [5.74, 6) is 0.792. The Morgan fingerprint density at radius 1 is 1.41 bits per heavy atom. The number of nitrogens with zero attached hydrogens (tertiary/aromatic N) is 1. The fraction of sp³-hybridized carbons (Fsp3) is 0.923. The van der Waals surface area contributed by atoms with Crippen molar-refractivity contribution in [2.24, 2.45) is 17.1 Å². The van der Waals surface area contributed by atoms with Crippen LogP contribution in [0.15, 0.2) is 0 Å². The number of ether oxygens (including phenoxy) is 1. The number of rotatable bonds is 2. The summed E-state index contributed by atoms with van der Waals surface area (Å²) in [5.41, 5.74) is 5.57. The molecule has 1 heterocycles. The second kappa shape index (κ2) is 4.16. The molecule has 4 nitrogen and oxygen atoms in total. The van der Waals surface area contributed by atoms with E-state index >= 15 is 0 Å². The third-order valence-corrected chi connectivity index (χ3v) is 3.72. The van der Waals surface area contributed by atoms with Crippen molar-refractivity contribution in [2.45, 2.75) is 45.6 Å². The van der Waals surface area contributed by atoms with Crippen LogP contribution in [0.3, 0.4) is 0 Å². The SMILES string of the molecule is CC(C)(C)OC(=O)N1CC2(CC(CCN)C2)C1. The Hall–Kier alpha value is -0.770. The largest absolute Gasteiger partial charge is 0.444 e. The van der Waals surface area contributed by atoms with Crippen LogP contribution in [0.2, 0.25) is 0 Å². The van der Waals surface area contributed by atoms with E-state index in [1.54, 1.807) is 0 Å². The summed E-state index contributed by atoms with van der Waals surface area (Å²) in [6.07, 6.45) is 3.45. The molecule has 1 saturated heterocycles. The fourth-order valence-corrected chi connectivity index (χ4v) is 3.08. The summed E-state index contributed by atoms with van der Waals surface area (Å²) in [6.45, 7) is 8.26. The van der Waals surface area contributed by atoms with E-state index in [4.69, 9.17) is 10.5 Å². The van der Waals surface area contributed by atoms with Crippen LogP contribution in [0.25, 0.3) is 0 Å². The first-order valence-corrected chi connectivity index (χ1v) is 6.52. The van der Waals surface area contributed by atoms with E-state index in [1.165, 1.54) is 12.8 Å². The first-order valence-electron chi connectivity index (χ1n) is 6.52. The minimum atomic E-state index is -0.387. The molecule has 17 heavy (non-hydrogen) atoms. The van der Waals surface area contributed by atoms with E-state index in [0.717, 1.165) is 32.0 Å². The topological polar surface area (TPSA) is 55.6 Å². The first-order chi connectivity index (χ1) is 7.84. The van der Waals surface area contributed by atoms with E-state index in [-0.39, 0.29) is 11.7 Å². The van der Waals surface area contributed by atoms with Gasteiger partial charge < -0.3 is 15.4 Å². The van der Waals surface area contributed by atoms with Gasteiger partial charge in [-0.2, -0.15) is 0 Å². The number of likely N-dealkylation sites (tertiary alicyclic amines) is 1. The molecule has 2 fully saturated rings. The maximum atomic E-state index is 11.8. The van der Waals surface area contributed by atoms with Crippen LogP contribution >= 0.6 is 0 Å². The second-order valence-electron chi connectivity index (χ2n) is 6.69. The van der Waals surface area contributed by atoms with E-state index < -0.39 is 0 Å². The molecule has 2 rings (SSSR count). The highest BCUT2D eigenvalue weighted by Crippen LogP contribution is 2.53. The predicted octanol–water partition coefficient (Wildman–Crippen LogP) is 1.98. The quantitative estimate of drug-likeness (QED) is 0.803. The Labute approximate surface area is 103 Å². The van der Waals surface area contributed by atoms with Crippen molar-refractivity contribution in [3.63, 3.8) is 0 Å². The monoisotopic (exact) mass is 240 g/mol. The van der Waals surface area contributed by atoms with Gasteiger partial charge in [-0.3, -0.25) is 0 Å². The highest BCUT2D eigenvalue weighted by atomic mass is 16.6. The first kappa shape index (κ1) is 12.7. The molecule has 1 aliphatic carbocycles. The van der Waals surface area contributed by atoms with Crippen LogP contribution < -0.4 is 5.73 Å². The van der Waals surface area contributed by atoms with Crippen LogP contribution in [0.4, 0.5) is 4.79 Å². The Morgan fingerprint density at radius 3 is 2.47 bits per heavy atom. The van der Waals surface area contributed by atoms with Gasteiger partial charge in [0.05, 0.1) is 0 Å². The average molecular weight is 240 g/mol. The van der Waals surface area contributed by atoms with Crippen LogP contribution in [0.5, 0.6) is 0 Å². The zero-order valence-corrected chi connectivity index (χ0v) is 11.2. The minimum Gasteiger partial charge on any atom is -0.444 e. The van der Waals surface area contributed by atoms with Gasteiger partial charge in [0.25, 0.3) is 0 Å². The molecule has 2 N–H and O–H groups in total. The van der Waals surface area contributed by atoms with Crippen molar-refractivity contribution in [3.8, 4) is 0 Å². The number of hydrogen-bond acceptors (Lipinski definition) is 3. The van der Waals surface area contributed by atoms with E-state index in [2.05, 4.69) is 0 Å². The van der Waals surface area contributed by atoms with Crippen LogP contribution in [0, 0.1) is 11.3 Å². The normalized spacial score (nSPS) is 23.2. The van der Waals surface area contributed by atoms with Crippen molar-refractivity contribution in [1.82, 2.24) is 4.90 Å². The van der Waals surface area contributed by atoms with Crippen molar-refractivity contribution in [1.29, 1.82) is 0 Å². The van der Waals surface area contributed by atoms with Gasteiger partial charge in [0.15, 0.2) is 0 Å². The molecule has 2 aliphatic rings. The summed E-state index contributed by atoms with van der Waals surface area (Å²) < 4.78 is 5.34. The van der Waals surface area contributed by atoms with Gasteiger partial charge in [0.2, 0.25) is 0 Å². The number of amides is 1. The molecule has 4 heteroatoms. The molecule has 0 aromatic rings. The molecule has 0 aromatic carbocycles. The summed E-state index contributed by atoms with van der Waals surface area (Å²) in [7, 11) is 0. The number of nitrogens with two attached hydrogens (primary N) is 1. The van der Waals surface area contributed by atoms with Gasteiger partial charge in [-0.15, -0.1) is 0 Å². The Balaban J connectivity index is 1.71. The molecule has 0 unspecified atom stereocenters. The lowest BCUT2D eigenvalue weighted by Gasteiger charge is -2.58. The van der Waals surface area contributed by atoms with Gasteiger partial charge in [0, 0.05) is 18.5 Å². The standard InChI is InChI=1S/C13H24N2O2/c1-12(2,3)17-11(16)15-8-13(9-15)6-10(7-13)4-5-14/h10H,4-9,14H2,1-3H3. The molecule has 1 saturated carbocycles. The number of hydrogen-bond donors (Lipinski definition) is 1. The van der Waals surface area contributed by atoms with Gasteiger partial charge in [-0.05, 0) is 52.5 Å². The molecule has 1 aliphatic heterocycles. The third-order valence-electron chi connectivity index (χ3n) is 3.72. The smallest absolute Gasteiger partial charge is 0.410 e. The van der Waals surface area contributed by atoms with Crippen molar-refractivity contribution >= 4 is 6.09 Å². The highest BCUT2D eigenvalue weighted by Gasteiger charge is 2.53. The molecule has 0 atom stereocenters. The van der Waals surface area contributed by atoms with Crippen LogP contribution in [0.1, 0.15) is 40.0 Å². The summed E-state index contributed by atoms with van der Waals surface area (Å²) in [6, 6.07) is 0. The fourth-order valence-electron chi connectivity index (χ4n) is 3.08. The van der Waals surface area contributed by atoms with E-state index in [9.17, 15) is 4.79 Å². The summed E-state index contributed by atoms with van der Waals surface area (Å²) in [4.78, 5) is 13.6. The summed E-state index contributed by atoms with van der Waals surface area (Å²) in [5, 5.41) is 0. The molecule has 1 amide bonds. The third kappa shape index (κ3) is 2.73. The van der Waals surface area contributed by atoms with E-state index in [1.807, 2.05) is 25.7 Å². The zero-order chi connectivity index (χ0) is 12.7. The molecular weight excluding hydrogens is 216 g/mol. The average Bonchev–Trinajstić information content (AvgIpc) is 2.03. The number of carbonyl (C=O) groups excluding carboxylic acids is 1. The molecule has 0 radical (unpaired) electrons. The van der Waals surface area contributed by atoms with Crippen LogP contribution in [-0.4, -0.2) is 36.2 Å². The van der Waals surface area contributed by atoms with E-state index in [0.29, 0.717) is 5.41 Å². The van der Waals surface area contributed by atoms with Gasteiger partial charge in [-0.1, -0.05) is 0 Å². The Bertz CT molecular complexity index is 295. The molecule has 0 aromatic heterocycles. The van der Waals surface area contributed by atoms with Crippen LogP contribution in [-0.2, 0) is 4.74 Å². The lowest BCUT2D eigenvalue weighted by Crippen LogP contribution is -2.64.